The first-order valence-corrected chi connectivity index (χ1v) is 9.01. The number of ether oxygens (including phenoxy) is 1. The molecule has 3 aromatic rings. The van der Waals surface area contributed by atoms with E-state index < -0.39 is 0 Å². The molecule has 6 heteroatoms. The van der Waals surface area contributed by atoms with E-state index in [1.54, 1.807) is 23.0 Å². The molecule has 0 aliphatic heterocycles. The number of hydrogen-bond acceptors (Lipinski definition) is 4. The molecule has 0 bridgehead atoms. The molecule has 0 radical (unpaired) electrons. The molecule has 0 saturated carbocycles. The Morgan fingerprint density at radius 1 is 1.15 bits per heavy atom. The summed E-state index contributed by atoms with van der Waals surface area (Å²) in [7, 11) is 1.79. The van der Waals surface area contributed by atoms with Gasteiger partial charge in [0.15, 0.2) is 6.61 Å². The van der Waals surface area contributed by atoms with E-state index in [1.807, 2.05) is 55.5 Å². The van der Waals surface area contributed by atoms with Gasteiger partial charge in [-0.05, 0) is 48.7 Å². The lowest BCUT2D eigenvalue weighted by Gasteiger charge is -2.25. The highest BCUT2D eigenvalue weighted by Crippen LogP contribution is 2.21. The monoisotopic (exact) mass is 364 g/mol. The average molecular weight is 364 g/mol. The molecule has 6 nitrogen and oxygen atoms in total. The number of hydrogen-bond donors (Lipinski definition) is 0. The van der Waals surface area contributed by atoms with E-state index in [1.165, 1.54) is 11.9 Å². The van der Waals surface area contributed by atoms with E-state index in [-0.39, 0.29) is 18.6 Å². The van der Waals surface area contributed by atoms with Gasteiger partial charge in [-0.3, -0.25) is 4.79 Å². The molecular formula is C21H24N4O2. The first-order valence-electron chi connectivity index (χ1n) is 9.01. The SMILES string of the molecule is CCc1ccc(OCC(=O)N(C)[C@H](C)c2ccc(-n3cncn3)cc2)cc1. The topological polar surface area (TPSA) is 60.2 Å². The van der Waals surface area contributed by atoms with Crippen molar-refractivity contribution in [3.8, 4) is 11.4 Å². The van der Waals surface area contributed by atoms with Crippen LogP contribution in [0.3, 0.4) is 0 Å². The number of aromatic nitrogens is 3. The Labute approximate surface area is 159 Å². The highest BCUT2D eigenvalue weighted by atomic mass is 16.5. The minimum atomic E-state index is -0.0672. The van der Waals surface area contributed by atoms with Crippen LogP contribution in [0.15, 0.2) is 61.2 Å². The summed E-state index contributed by atoms with van der Waals surface area (Å²) in [5.74, 6) is 0.640. The summed E-state index contributed by atoms with van der Waals surface area (Å²) in [6.07, 6.45) is 4.13. The van der Waals surface area contributed by atoms with Gasteiger partial charge < -0.3 is 9.64 Å². The molecule has 3 rings (SSSR count). The number of aryl methyl sites for hydroxylation is 1. The third kappa shape index (κ3) is 4.53. The Morgan fingerprint density at radius 2 is 1.85 bits per heavy atom. The Kier molecular flexibility index (Phi) is 5.86. The van der Waals surface area contributed by atoms with Crippen molar-refractivity contribution in [3.05, 3.63) is 72.3 Å². The van der Waals surface area contributed by atoms with Crippen LogP contribution in [0.4, 0.5) is 0 Å². The molecule has 0 unspecified atom stereocenters. The van der Waals surface area contributed by atoms with Crippen molar-refractivity contribution in [3.63, 3.8) is 0 Å². The minimum Gasteiger partial charge on any atom is -0.484 e. The largest absolute Gasteiger partial charge is 0.484 e. The fourth-order valence-electron chi connectivity index (χ4n) is 2.75. The van der Waals surface area contributed by atoms with Gasteiger partial charge in [0.25, 0.3) is 5.91 Å². The van der Waals surface area contributed by atoms with Gasteiger partial charge in [0, 0.05) is 7.05 Å². The summed E-state index contributed by atoms with van der Waals surface area (Å²) >= 11 is 0. The minimum absolute atomic E-state index is 0.0172. The predicted molar refractivity (Wildman–Crippen MR) is 104 cm³/mol. The first-order chi connectivity index (χ1) is 13.1. The van der Waals surface area contributed by atoms with Crippen LogP contribution >= 0.6 is 0 Å². The number of carbonyl (C=O) groups is 1. The second-order valence-electron chi connectivity index (χ2n) is 6.40. The third-order valence-electron chi connectivity index (χ3n) is 4.73. The van der Waals surface area contributed by atoms with Gasteiger partial charge in [-0.1, -0.05) is 31.2 Å². The highest BCUT2D eigenvalue weighted by Gasteiger charge is 2.18. The van der Waals surface area contributed by atoms with Gasteiger partial charge in [0.05, 0.1) is 11.7 Å². The van der Waals surface area contributed by atoms with Gasteiger partial charge >= 0.3 is 0 Å². The first kappa shape index (κ1) is 18.6. The molecule has 0 aliphatic carbocycles. The van der Waals surface area contributed by atoms with Crippen LogP contribution in [0.25, 0.3) is 5.69 Å². The molecule has 0 spiro atoms. The molecule has 27 heavy (non-hydrogen) atoms. The van der Waals surface area contributed by atoms with Crippen molar-refractivity contribution in [2.75, 3.05) is 13.7 Å². The van der Waals surface area contributed by atoms with E-state index in [2.05, 4.69) is 17.0 Å². The van der Waals surface area contributed by atoms with Crippen LogP contribution in [0, 0.1) is 0 Å². The van der Waals surface area contributed by atoms with Crippen LogP contribution in [0.1, 0.15) is 31.0 Å². The van der Waals surface area contributed by atoms with Crippen LogP contribution in [-0.2, 0) is 11.2 Å². The second-order valence-corrected chi connectivity index (χ2v) is 6.40. The van der Waals surface area contributed by atoms with Crippen molar-refractivity contribution < 1.29 is 9.53 Å². The van der Waals surface area contributed by atoms with Crippen LogP contribution in [0.5, 0.6) is 5.75 Å². The molecule has 0 N–H and O–H groups in total. The number of benzene rings is 2. The number of carbonyl (C=O) groups excluding carboxylic acids is 1. The second kappa shape index (κ2) is 8.49. The van der Waals surface area contributed by atoms with E-state index in [9.17, 15) is 4.79 Å². The van der Waals surface area contributed by atoms with Crippen LogP contribution in [-0.4, -0.2) is 39.2 Å². The highest BCUT2D eigenvalue weighted by molar-refractivity contribution is 5.78. The van der Waals surface area contributed by atoms with E-state index in [0.29, 0.717) is 5.75 Å². The molecule has 1 amide bonds. The zero-order valence-corrected chi connectivity index (χ0v) is 15.9. The molecule has 2 aromatic carbocycles. The molecule has 1 atom stereocenters. The zero-order chi connectivity index (χ0) is 19.2. The Bertz CT molecular complexity index is 858. The number of amides is 1. The quantitative estimate of drug-likeness (QED) is 0.644. The summed E-state index contributed by atoms with van der Waals surface area (Å²) < 4.78 is 7.33. The lowest BCUT2D eigenvalue weighted by molar-refractivity contribution is -0.134. The van der Waals surface area contributed by atoms with Crippen molar-refractivity contribution in [2.45, 2.75) is 26.3 Å². The average Bonchev–Trinajstić information content (AvgIpc) is 3.26. The van der Waals surface area contributed by atoms with Crippen molar-refractivity contribution >= 4 is 5.91 Å². The normalized spacial score (nSPS) is 11.8. The maximum absolute atomic E-state index is 12.5. The molecule has 1 aromatic heterocycles. The zero-order valence-electron chi connectivity index (χ0n) is 15.9. The Balaban J connectivity index is 1.58. The summed E-state index contributed by atoms with van der Waals surface area (Å²) in [5, 5.41) is 4.11. The number of nitrogens with zero attached hydrogens (tertiary/aromatic N) is 4. The predicted octanol–water partition coefficient (Wildman–Crippen LogP) is 3.43. The summed E-state index contributed by atoms with van der Waals surface area (Å²) in [6.45, 7) is 4.12. The van der Waals surface area contributed by atoms with Gasteiger partial charge in [0.2, 0.25) is 0 Å². The van der Waals surface area contributed by atoms with E-state index in [4.69, 9.17) is 4.74 Å². The van der Waals surface area contributed by atoms with Crippen LogP contribution < -0.4 is 4.74 Å². The Hall–Kier alpha value is -3.15. The van der Waals surface area contributed by atoms with E-state index in [0.717, 1.165) is 17.7 Å². The lowest BCUT2D eigenvalue weighted by Crippen LogP contribution is -2.33. The van der Waals surface area contributed by atoms with Crippen LogP contribution in [0.2, 0.25) is 0 Å². The lowest BCUT2D eigenvalue weighted by atomic mass is 10.1. The van der Waals surface area contributed by atoms with Crippen molar-refractivity contribution in [1.82, 2.24) is 19.7 Å². The smallest absolute Gasteiger partial charge is 0.260 e. The van der Waals surface area contributed by atoms with Gasteiger partial charge in [-0.25, -0.2) is 9.67 Å². The maximum atomic E-state index is 12.5. The molecule has 0 fully saturated rings. The fraction of sp³-hybridized carbons (Fsp3) is 0.286. The summed E-state index contributed by atoms with van der Waals surface area (Å²) in [5.41, 5.74) is 3.21. The number of rotatable bonds is 7. The Morgan fingerprint density at radius 3 is 2.44 bits per heavy atom. The van der Waals surface area contributed by atoms with Gasteiger partial charge in [0.1, 0.15) is 18.4 Å². The van der Waals surface area contributed by atoms with Gasteiger partial charge in [-0.2, -0.15) is 5.10 Å². The molecule has 1 heterocycles. The molecule has 140 valence electrons. The van der Waals surface area contributed by atoms with Crippen molar-refractivity contribution in [1.29, 1.82) is 0 Å². The molecule has 0 saturated heterocycles. The molecule has 0 aliphatic rings. The standard InChI is InChI=1S/C21H24N4O2/c1-4-17-5-11-20(12-6-17)27-13-21(26)24(3)16(2)18-7-9-19(10-8-18)25-15-22-14-23-25/h5-12,14-16H,4,13H2,1-3H3/t16-/m1/s1. The fourth-order valence-corrected chi connectivity index (χ4v) is 2.75. The van der Waals surface area contributed by atoms with Gasteiger partial charge in [-0.15, -0.1) is 0 Å². The van der Waals surface area contributed by atoms with Crippen molar-refractivity contribution in [2.24, 2.45) is 0 Å². The molecular weight excluding hydrogens is 340 g/mol. The summed E-state index contributed by atoms with van der Waals surface area (Å²) in [6, 6.07) is 15.7. The number of likely N-dealkylation sites (N-methyl/N-ethyl adjacent to an activating group) is 1. The maximum Gasteiger partial charge on any atom is 0.260 e. The summed E-state index contributed by atoms with van der Waals surface area (Å²) in [4.78, 5) is 18.1. The third-order valence-corrected chi connectivity index (χ3v) is 4.73. The van der Waals surface area contributed by atoms with E-state index >= 15 is 0 Å².